The van der Waals surface area contributed by atoms with E-state index < -0.39 is 0 Å². The van der Waals surface area contributed by atoms with Crippen molar-refractivity contribution < 1.29 is 14.3 Å². The molecule has 1 aromatic heterocycles. The van der Waals surface area contributed by atoms with E-state index in [1.807, 2.05) is 30.5 Å². The van der Waals surface area contributed by atoms with Crippen LogP contribution in [0, 0.1) is 6.92 Å². The summed E-state index contributed by atoms with van der Waals surface area (Å²) >= 11 is 1.61. The van der Waals surface area contributed by atoms with Crippen molar-refractivity contribution >= 4 is 17.2 Å². The summed E-state index contributed by atoms with van der Waals surface area (Å²) in [5.74, 6) is 0.622. The molecule has 1 aliphatic rings. The molecule has 2 aromatic carbocycles. The number of ether oxygens (including phenoxy) is 2. The second kappa shape index (κ2) is 10.7. The maximum atomic E-state index is 12.6. The Morgan fingerprint density at radius 2 is 2.06 bits per heavy atom. The summed E-state index contributed by atoms with van der Waals surface area (Å²) in [6.45, 7) is 8.59. The first-order chi connectivity index (χ1) is 15.5. The van der Waals surface area contributed by atoms with E-state index in [9.17, 15) is 4.79 Å². The van der Waals surface area contributed by atoms with E-state index in [1.165, 1.54) is 5.56 Å². The zero-order chi connectivity index (χ0) is 22.3. The molecule has 0 radical (unpaired) electrons. The average molecular weight is 452 g/mol. The molecule has 1 amide bonds. The Kier molecular flexibility index (Phi) is 7.52. The molecule has 168 valence electrons. The third kappa shape index (κ3) is 6.38. The predicted molar refractivity (Wildman–Crippen MR) is 126 cm³/mol. The molecule has 1 fully saturated rings. The van der Waals surface area contributed by atoms with E-state index in [-0.39, 0.29) is 12.0 Å². The van der Waals surface area contributed by atoms with Crippen molar-refractivity contribution in [1.82, 2.24) is 15.2 Å². The van der Waals surface area contributed by atoms with Crippen molar-refractivity contribution in [2.75, 3.05) is 19.7 Å². The summed E-state index contributed by atoms with van der Waals surface area (Å²) in [6, 6.07) is 15.6. The first-order valence-electron chi connectivity index (χ1n) is 10.9. The second-order valence-electron chi connectivity index (χ2n) is 8.09. The number of nitrogens with zero attached hydrogens (tertiary/aromatic N) is 2. The van der Waals surface area contributed by atoms with Gasteiger partial charge in [-0.3, -0.25) is 9.69 Å². The summed E-state index contributed by atoms with van der Waals surface area (Å²) in [6.07, 6.45) is 0.277. The number of morpholine rings is 1. The lowest BCUT2D eigenvalue weighted by Crippen LogP contribution is -2.40. The maximum absolute atomic E-state index is 12.6. The Hall–Kier alpha value is -2.74. The van der Waals surface area contributed by atoms with Crippen LogP contribution in [0.25, 0.3) is 0 Å². The predicted octanol–water partition coefficient (Wildman–Crippen LogP) is 4.18. The fraction of sp³-hybridized carbons (Fsp3) is 0.360. The van der Waals surface area contributed by atoms with Gasteiger partial charge in [-0.2, -0.15) is 0 Å². The maximum Gasteiger partial charge on any atom is 0.251 e. The zero-order valence-corrected chi connectivity index (χ0v) is 19.4. The van der Waals surface area contributed by atoms with Crippen molar-refractivity contribution in [1.29, 1.82) is 0 Å². The van der Waals surface area contributed by atoms with Crippen molar-refractivity contribution in [3.63, 3.8) is 0 Å². The summed E-state index contributed by atoms with van der Waals surface area (Å²) in [5, 5.41) is 6.03. The van der Waals surface area contributed by atoms with Crippen molar-refractivity contribution in [2.45, 2.75) is 39.6 Å². The molecular weight excluding hydrogens is 422 g/mol. The Morgan fingerprint density at radius 1 is 1.25 bits per heavy atom. The number of carbonyl (C=O) groups is 1. The third-order valence-electron chi connectivity index (χ3n) is 5.35. The van der Waals surface area contributed by atoms with Gasteiger partial charge in [0.15, 0.2) is 0 Å². The van der Waals surface area contributed by atoms with Crippen LogP contribution >= 0.6 is 11.3 Å². The van der Waals surface area contributed by atoms with Gasteiger partial charge in [0, 0.05) is 37.1 Å². The van der Waals surface area contributed by atoms with Crippen LogP contribution in [0.15, 0.2) is 53.9 Å². The molecule has 4 rings (SSSR count). The lowest BCUT2D eigenvalue weighted by molar-refractivity contribution is -0.0212. The van der Waals surface area contributed by atoms with E-state index in [1.54, 1.807) is 23.5 Å². The van der Waals surface area contributed by atoms with Crippen LogP contribution in [-0.4, -0.2) is 41.6 Å². The molecule has 0 saturated carbocycles. The fourth-order valence-corrected chi connectivity index (χ4v) is 4.35. The normalized spacial score (nSPS) is 16.6. The number of aromatic nitrogens is 1. The number of rotatable bonds is 8. The Morgan fingerprint density at radius 3 is 2.81 bits per heavy atom. The number of hydrogen-bond acceptors (Lipinski definition) is 6. The number of aryl methyl sites for hydroxylation is 1. The Bertz CT molecular complexity index is 1030. The molecule has 32 heavy (non-hydrogen) atoms. The topological polar surface area (TPSA) is 63.7 Å². The van der Waals surface area contributed by atoms with Gasteiger partial charge in [0.25, 0.3) is 5.91 Å². The van der Waals surface area contributed by atoms with Crippen molar-refractivity contribution in [2.24, 2.45) is 0 Å². The molecule has 1 atom stereocenters. The average Bonchev–Trinajstić information content (AvgIpc) is 3.22. The first kappa shape index (κ1) is 22.5. The minimum Gasteiger partial charge on any atom is -0.487 e. The number of nitrogens with one attached hydrogen (secondary N) is 1. The highest BCUT2D eigenvalue weighted by atomic mass is 32.1. The van der Waals surface area contributed by atoms with Crippen LogP contribution in [0.3, 0.4) is 0 Å². The molecule has 1 aliphatic heterocycles. The highest BCUT2D eigenvalue weighted by Crippen LogP contribution is 2.16. The molecule has 6 nitrogen and oxygen atoms in total. The van der Waals surface area contributed by atoms with E-state index in [2.05, 4.69) is 40.3 Å². The number of hydrogen-bond donors (Lipinski definition) is 1. The summed E-state index contributed by atoms with van der Waals surface area (Å²) in [5.41, 5.74) is 3.87. The van der Waals surface area contributed by atoms with Crippen molar-refractivity contribution in [3.05, 3.63) is 81.3 Å². The number of amides is 1. The molecule has 2 heterocycles. The van der Waals surface area contributed by atoms with Crippen LogP contribution in [0.5, 0.6) is 5.75 Å². The highest BCUT2D eigenvalue weighted by molar-refractivity contribution is 7.09. The number of thiazole rings is 1. The molecule has 7 heteroatoms. The molecule has 1 N–H and O–H groups in total. The van der Waals surface area contributed by atoms with Crippen LogP contribution in [0.4, 0.5) is 0 Å². The molecule has 0 aliphatic carbocycles. The van der Waals surface area contributed by atoms with E-state index in [0.717, 1.165) is 48.3 Å². The molecular formula is C25H29N3O3S. The van der Waals surface area contributed by atoms with Crippen LogP contribution in [0.1, 0.15) is 39.1 Å². The standard InChI is InChI=1S/C25H29N3O3S/c1-18-14-28(10-11-30-18)15-21-5-3-4-20(12-21)13-26-25(29)22-6-8-24(9-7-22)31-16-23-17-32-19(2)27-23/h3-9,12,17-18H,10-11,13-16H2,1-2H3,(H,26,29). The second-order valence-corrected chi connectivity index (χ2v) is 9.15. The SMILES string of the molecule is Cc1nc(COc2ccc(C(=O)NCc3cccc(CN4CCOC(C)C4)c3)cc2)cs1. The van der Waals surface area contributed by atoms with Gasteiger partial charge in [-0.25, -0.2) is 4.98 Å². The summed E-state index contributed by atoms with van der Waals surface area (Å²) in [7, 11) is 0. The van der Waals surface area contributed by atoms with Gasteiger partial charge in [-0.15, -0.1) is 11.3 Å². The molecule has 0 spiro atoms. The van der Waals surface area contributed by atoms with Gasteiger partial charge >= 0.3 is 0 Å². The van der Waals surface area contributed by atoms with Crippen LogP contribution < -0.4 is 10.1 Å². The van der Waals surface area contributed by atoms with E-state index >= 15 is 0 Å². The monoisotopic (exact) mass is 451 g/mol. The number of benzene rings is 2. The van der Waals surface area contributed by atoms with Gasteiger partial charge < -0.3 is 14.8 Å². The minimum absolute atomic E-state index is 0.0981. The zero-order valence-electron chi connectivity index (χ0n) is 18.5. The lowest BCUT2D eigenvalue weighted by atomic mass is 10.1. The van der Waals surface area contributed by atoms with Gasteiger partial charge in [0.2, 0.25) is 0 Å². The smallest absolute Gasteiger partial charge is 0.251 e. The molecule has 0 bridgehead atoms. The van der Waals surface area contributed by atoms with Crippen LogP contribution in [0.2, 0.25) is 0 Å². The Labute approximate surface area is 193 Å². The van der Waals surface area contributed by atoms with Gasteiger partial charge in [-0.05, 0) is 49.2 Å². The van der Waals surface area contributed by atoms with Gasteiger partial charge in [-0.1, -0.05) is 24.3 Å². The Balaban J connectivity index is 1.26. The third-order valence-corrected chi connectivity index (χ3v) is 6.17. The quantitative estimate of drug-likeness (QED) is 0.557. The van der Waals surface area contributed by atoms with E-state index in [0.29, 0.717) is 18.7 Å². The molecule has 3 aromatic rings. The van der Waals surface area contributed by atoms with E-state index in [4.69, 9.17) is 9.47 Å². The highest BCUT2D eigenvalue weighted by Gasteiger charge is 2.16. The number of carbonyl (C=O) groups excluding carboxylic acids is 1. The molecule has 1 unspecified atom stereocenters. The summed E-state index contributed by atoms with van der Waals surface area (Å²) < 4.78 is 11.4. The van der Waals surface area contributed by atoms with Crippen LogP contribution in [-0.2, 0) is 24.4 Å². The summed E-state index contributed by atoms with van der Waals surface area (Å²) in [4.78, 5) is 19.4. The first-order valence-corrected chi connectivity index (χ1v) is 11.8. The van der Waals surface area contributed by atoms with Gasteiger partial charge in [0.1, 0.15) is 12.4 Å². The fourth-order valence-electron chi connectivity index (χ4n) is 3.75. The lowest BCUT2D eigenvalue weighted by Gasteiger charge is -2.31. The molecule has 1 saturated heterocycles. The largest absolute Gasteiger partial charge is 0.487 e. The minimum atomic E-state index is -0.0981. The van der Waals surface area contributed by atoms with Crippen molar-refractivity contribution in [3.8, 4) is 5.75 Å². The van der Waals surface area contributed by atoms with Gasteiger partial charge in [0.05, 0.1) is 23.4 Å².